The van der Waals surface area contributed by atoms with Gasteiger partial charge in [-0.2, -0.15) is 0 Å². The molecular weight excluding hydrogens is 330 g/mol. The van der Waals surface area contributed by atoms with Crippen molar-refractivity contribution in [2.24, 2.45) is 0 Å². The highest BCUT2D eigenvalue weighted by Crippen LogP contribution is 2.36. The molecule has 26 heavy (non-hydrogen) atoms. The van der Waals surface area contributed by atoms with E-state index in [-0.39, 0.29) is 5.75 Å². The molecule has 7 nitrogen and oxygen atoms in total. The minimum absolute atomic E-state index is 0.242. The fourth-order valence-electron chi connectivity index (χ4n) is 3.71. The van der Waals surface area contributed by atoms with Gasteiger partial charge in [-0.1, -0.05) is 12.1 Å². The second-order valence-electron chi connectivity index (χ2n) is 6.69. The summed E-state index contributed by atoms with van der Waals surface area (Å²) >= 11 is 0. The molecule has 0 bridgehead atoms. The average Bonchev–Trinajstić information content (AvgIpc) is 3.26. The minimum Gasteiger partial charge on any atom is -0.508 e. The van der Waals surface area contributed by atoms with Crippen molar-refractivity contribution >= 4 is 16.9 Å². The monoisotopic (exact) mass is 353 g/mol. The molecule has 0 spiro atoms. The van der Waals surface area contributed by atoms with Crippen LogP contribution in [0.1, 0.15) is 12.5 Å². The van der Waals surface area contributed by atoms with Crippen LogP contribution >= 0.6 is 0 Å². The summed E-state index contributed by atoms with van der Waals surface area (Å²) in [5, 5.41) is 10.4. The maximum atomic E-state index is 9.58. The van der Waals surface area contributed by atoms with E-state index in [9.17, 15) is 5.11 Å². The zero-order valence-corrected chi connectivity index (χ0v) is 14.8. The largest absolute Gasteiger partial charge is 0.508 e. The molecule has 1 fully saturated rings. The predicted molar refractivity (Wildman–Crippen MR) is 101 cm³/mol. The van der Waals surface area contributed by atoms with Crippen molar-refractivity contribution in [1.29, 1.82) is 0 Å². The summed E-state index contributed by atoms with van der Waals surface area (Å²) in [5.41, 5.74) is 9.03. The van der Waals surface area contributed by atoms with Crippen LogP contribution in [0.4, 0.5) is 5.82 Å². The van der Waals surface area contributed by atoms with Crippen molar-refractivity contribution in [3.05, 3.63) is 36.8 Å². The molecule has 1 aliphatic rings. The number of fused-ring (bicyclic) bond motifs is 1. The van der Waals surface area contributed by atoms with Gasteiger partial charge in [0.25, 0.3) is 0 Å². The lowest BCUT2D eigenvalue weighted by Crippen LogP contribution is -2.25. The van der Waals surface area contributed by atoms with Gasteiger partial charge in [-0.15, -0.1) is 0 Å². The third-order valence-electron chi connectivity index (χ3n) is 5.07. The highest BCUT2D eigenvalue weighted by molar-refractivity contribution is 6.00. The van der Waals surface area contributed by atoms with Gasteiger partial charge < -0.3 is 20.1 Å². The maximum Gasteiger partial charge on any atom is 0.146 e. The summed E-state index contributed by atoms with van der Waals surface area (Å²) in [6.07, 6.45) is 4.70. The fourth-order valence-corrected chi connectivity index (χ4v) is 3.71. The molecule has 0 saturated carbocycles. The molecule has 1 atom stereocenters. The number of hydrogen-bond donors (Lipinski definition) is 2. The lowest BCUT2D eigenvalue weighted by atomic mass is 10.1. The summed E-state index contributed by atoms with van der Waals surface area (Å²) in [5.74, 6) is 0.720. The maximum absolute atomic E-state index is 9.58. The van der Waals surface area contributed by atoms with E-state index < -0.39 is 0 Å². The molecule has 3 N–H and O–H groups in total. The number of benzene rings is 1. The summed E-state index contributed by atoms with van der Waals surface area (Å²) in [6.45, 7) is 3.69. The number of hydrogen-bond acceptors (Lipinski definition) is 6. The van der Waals surface area contributed by atoms with Crippen LogP contribution in [0, 0.1) is 0 Å². The third kappa shape index (κ3) is 3.00. The number of aromatic hydroxyl groups is 1. The van der Waals surface area contributed by atoms with Crippen LogP contribution < -0.4 is 5.73 Å². The number of likely N-dealkylation sites (tertiary alicyclic amines) is 1. The summed E-state index contributed by atoms with van der Waals surface area (Å²) < 4.78 is 7.42. The normalized spacial score (nSPS) is 18.0. The van der Waals surface area contributed by atoms with Gasteiger partial charge in [0, 0.05) is 44.5 Å². The Balaban J connectivity index is 1.75. The van der Waals surface area contributed by atoms with Crippen LogP contribution in [0.5, 0.6) is 5.75 Å². The van der Waals surface area contributed by atoms with Crippen molar-refractivity contribution in [3.8, 4) is 16.9 Å². The van der Waals surface area contributed by atoms with Gasteiger partial charge in [0.15, 0.2) is 0 Å². The Hall–Kier alpha value is -2.64. The molecule has 7 heteroatoms. The predicted octanol–water partition coefficient (Wildman–Crippen LogP) is 2.28. The quantitative estimate of drug-likeness (QED) is 0.731. The summed E-state index contributed by atoms with van der Waals surface area (Å²) in [7, 11) is 1.73. The van der Waals surface area contributed by atoms with Gasteiger partial charge in [0.1, 0.15) is 23.5 Å². The van der Waals surface area contributed by atoms with E-state index in [1.807, 2.05) is 12.1 Å². The first-order chi connectivity index (χ1) is 12.7. The Morgan fingerprint density at radius 1 is 1.27 bits per heavy atom. The number of aromatic nitrogens is 3. The molecule has 3 heterocycles. The van der Waals surface area contributed by atoms with E-state index in [1.54, 1.807) is 19.2 Å². The van der Waals surface area contributed by atoms with E-state index in [1.165, 1.54) is 6.33 Å². The van der Waals surface area contributed by atoms with E-state index in [4.69, 9.17) is 10.5 Å². The summed E-state index contributed by atoms with van der Waals surface area (Å²) in [6, 6.07) is 7.48. The summed E-state index contributed by atoms with van der Waals surface area (Å²) in [4.78, 5) is 11.1. The lowest BCUT2D eigenvalue weighted by molar-refractivity contribution is 0.159. The van der Waals surface area contributed by atoms with Crippen LogP contribution in [0.25, 0.3) is 22.2 Å². The van der Waals surface area contributed by atoms with E-state index in [0.29, 0.717) is 11.9 Å². The van der Waals surface area contributed by atoms with Crippen LogP contribution in [0.2, 0.25) is 0 Å². The lowest BCUT2D eigenvalue weighted by Gasteiger charge is -2.16. The number of ether oxygens (including phenoxy) is 1. The third-order valence-corrected chi connectivity index (χ3v) is 5.07. The molecule has 0 amide bonds. The number of anilines is 1. The van der Waals surface area contributed by atoms with Gasteiger partial charge in [0.2, 0.25) is 0 Å². The van der Waals surface area contributed by atoms with Crippen LogP contribution in [0.3, 0.4) is 0 Å². The first kappa shape index (κ1) is 16.8. The van der Waals surface area contributed by atoms with E-state index in [2.05, 4.69) is 25.6 Å². The topological polar surface area (TPSA) is 89.4 Å². The zero-order chi connectivity index (χ0) is 18.1. The molecule has 3 aromatic rings. The number of nitrogen functional groups attached to an aromatic ring is 1. The number of nitrogens with zero attached hydrogens (tertiary/aromatic N) is 4. The zero-order valence-electron chi connectivity index (χ0n) is 14.8. The Bertz CT molecular complexity index is 906. The molecule has 1 aliphatic heterocycles. The molecule has 0 aliphatic carbocycles. The number of methoxy groups -OCH3 is 1. The Kier molecular flexibility index (Phi) is 4.48. The smallest absolute Gasteiger partial charge is 0.146 e. The van der Waals surface area contributed by atoms with Gasteiger partial charge in [-0.25, -0.2) is 9.97 Å². The molecule has 1 unspecified atom stereocenters. The molecular formula is C19H23N5O2. The van der Waals surface area contributed by atoms with Gasteiger partial charge in [0.05, 0.1) is 12.0 Å². The van der Waals surface area contributed by atoms with Crippen LogP contribution in [-0.4, -0.2) is 57.9 Å². The van der Waals surface area contributed by atoms with E-state index in [0.717, 1.165) is 54.8 Å². The van der Waals surface area contributed by atoms with Gasteiger partial charge in [-0.3, -0.25) is 4.90 Å². The Labute approximate surface area is 152 Å². The second-order valence-corrected chi connectivity index (χ2v) is 6.69. The first-order valence-corrected chi connectivity index (χ1v) is 8.79. The van der Waals surface area contributed by atoms with Crippen LogP contribution in [-0.2, 0) is 4.74 Å². The van der Waals surface area contributed by atoms with Gasteiger partial charge in [-0.05, 0) is 24.1 Å². The Morgan fingerprint density at radius 3 is 2.85 bits per heavy atom. The Morgan fingerprint density at radius 2 is 2.08 bits per heavy atom. The fraction of sp³-hybridized carbons (Fsp3) is 0.368. The van der Waals surface area contributed by atoms with Crippen molar-refractivity contribution in [1.82, 2.24) is 19.4 Å². The first-order valence-electron chi connectivity index (χ1n) is 8.79. The number of phenols is 1. The molecule has 0 radical (unpaired) electrons. The highest BCUT2D eigenvalue weighted by atomic mass is 16.5. The average molecular weight is 353 g/mol. The minimum atomic E-state index is 0.242. The van der Waals surface area contributed by atoms with Crippen molar-refractivity contribution in [2.45, 2.75) is 12.5 Å². The van der Waals surface area contributed by atoms with Gasteiger partial charge >= 0.3 is 0 Å². The van der Waals surface area contributed by atoms with Crippen molar-refractivity contribution < 1.29 is 9.84 Å². The highest BCUT2D eigenvalue weighted by Gasteiger charge is 2.26. The molecule has 2 aromatic heterocycles. The molecule has 1 aromatic carbocycles. The van der Waals surface area contributed by atoms with Crippen LogP contribution in [0.15, 0.2) is 36.8 Å². The number of phenolic OH excluding ortho intramolecular Hbond substituents is 1. The molecule has 4 rings (SSSR count). The van der Waals surface area contributed by atoms with Crippen molar-refractivity contribution in [3.63, 3.8) is 0 Å². The SMILES string of the molecule is COCCN1CCC(n2cc(-c3ccc(O)cc3)c3c(N)ncnc32)C1. The molecule has 1 saturated heterocycles. The molecule has 136 valence electrons. The van der Waals surface area contributed by atoms with E-state index >= 15 is 0 Å². The number of nitrogens with two attached hydrogens (primary N) is 1. The standard InChI is InChI=1S/C19H23N5O2/c1-26-9-8-23-7-6-14(10-23)24-11-16(13-2-4-15(25)5-3-13)17-18(20)21-12-22-19(17)24/h2-5,11-12,14,25H,6-10H2,1H3,(H2,20,21,22). The number of rotatable bonds is 5. The van der Waals surface area contributed by atoms with Crippen molar-refractivity contribution in [2.75, 3.05) is 39.1 Å². The second kappa shape index (κ2) is 6.93.